The highest BCUT2D eigenvalue weighted by molar-refractivity contribution is 5.70. The van der Waals surface area contributed by atoms with Crippen LogP contribution in [0.4, 0.5) is 0 Å². The van der Waals surface area contributed by atoms with E-state index in [1.165, 1.54) is 154 Å². The van der Waals surface area contributed by atoms with Gasteiger partial charge in [0.1, 0.15) is 6.61 Å². The highest BCUT2D eigenvalue weighted by atomic mass is 16.6. The van der Waals surface area contributed by atoms with E-state index in [-0.39, 0.29) is 25.2 Å². The lowest BCUT2D eigenvalue weighted by molar-refractivity contribution is -0.163. The molecule has 1 atom stereocenters. The molecule has 0 rings (SSSR count). The van der Waals surface area contributed by atoms with Gasteiger partial charge in [-0.15, -0.1) is 0 Å². The Bertz CT molecular complexity index is 1180. The molecular formula is C61H108O5. The van der Waals surface area contributed by atoms with E-state index >= 15 is 0 Å². The Morgan fingerprint density at radius 2 is 0.682 bits per heavy atom. The normalized spacial score (nSPS) is 12.7. The van der Waals surface area contributed by atoms with Crippen molar-refractivity contribution < 1.29 is 23.8 Å². The van der Waals surface area contributed by atoms with Crippen LogP contribution in [0.3, 0.4) is 0 Å². The number of carbonyl (C=O) groups is 2. The fourth-order valence-corrected chi connectivity index (χ4v) is 8.07. The van der Waals surface area contributed by atoms with Crippen molar-refractivity contribution in [2.75, 3.05) is 19.8 Å². The Kier molecular flexibility index (Phi) is 54.4. The molecule has 0 fully saturated rings. The van der Waals surface area contributed by atoms with Crippen LogP contribution in [-0.4, -0.2) is 37.9 Å². The molecule has 0 aromatic heterocycles. The van der Waals surface area contributed by atoms with E-state index in [1.54, 1.807) is 0 Å². The van der Waals surface area contributed by atoms with Crippen molar-refractivity contribution >= 4 is 11.9 Å². The summed E-state index contributed by atoms with van der Waals surface area (Å²) in [6.45, 7) is 7.59. The number of hydrogen-bond donors (Lipinski definition) is 0. The first-order valence-corrected chi connectivity index (χ1v) is 28.5. The smallest absolute Gasteiger partial charge is 0.306 e. The summed E-state index contributed by atoms with van der Waals surface area (Å²) in [5, 5.41) is 0. The molecule has 0 aliphatic rings. The summed E-state index contributed by atoms with van der Waals surface area (Å²) in [5.74, 6) is -0.425. The molecule has 5 nitrogen and oxygen atoms in total. The first kappa shape index (κ1) is 63.3. The molecule has 0 aromatic rings. The Morgan fingerprint density at radius 1 is 0.348 bits per heavy atom. The first-order valence-electron chi connectivity index (χ1n) is 28.5. The maximum atomic E-state index is 12.8. The predicted octanol–water partition coefficient (Wildman–Crippen LogP) is 19.5. The second kappa shape index (κ2) is 56.7. The maximum Gasteiger partial charge on any atom is 0.306 e. The van der Waals surface area contributed by atoms with E-state index in [1.807, 2.05) is 0 Å². The van der Waals surface area contributed by atoms with E-state index in [2.05, 4.69) is 93.7 Å². The molecule has 0 heterocycles. The Hall–Kier alpha value is -2.66. The molecule has 5 heteroatoms. The van der Waals surface area contributed by atoms with E-state index < -0.39 is 6.10 Å². The van der Waals surface area contributed by atoms with Crippen LogP contribution in [0.5, 0.6) is 0 Å². The van der Waals surface area contributed by atoms with Crippen LogP contribution < -0.4 is 0 Å². The summed E-state index contributed by atoms with van der Waals surface area (Å²) in [7, 11) is 0. The minimum Gasteiger partial charge on any atom is -0.462 e. The van der Waals surface area contributed by atoms with Crippen molar-refractivity contribution in [3.63, 3.8) is 0 Å². The second-order valence-corrected chi connectivity index (χ2v) is 18.8. The number of allylic oxidation sites excluding steroid dienone is 12. The molecule has 0 aliphatic carbocycles. The van der Waals surface area contributed by atoms with Crippen molar-refractivity contribution in [1.82, 2.24) is 0 Å². The Labute approximate surface area is 410 Å². The zero-order chi connectivity index (χ0) is 47.7. The lowest BCUT2D eigenvalue weighted by Crippen LogP contribution is -2.30. The van der Waals surface area contributed by atoms with Crippen LogP contribution in [-0.2, 0) is 23.8 Å². The van der Waals surface area contributed by atoms with Gasteiger partial charge in [0.2, 0.25) is 0 Å². The number of carbonyl (C=O) groups excluding carboxylic acids is 2. The summed E-state index contributed by atoms with van der Waals surface area (Å²) >= 11 is 0. The van der Waals surface area contributed by atoms with Crippen LogP contribution in [0.25, 0.3) is 0 Å². The van der Waals surface area contributed by atoms with Crippen molar-refractivity contribution in [1.29, 1.82) is 0 Å². The summed E-state index contributed by atoms with van der Waals surface area (Å²) in [6.07, 6.45) is 73.6. The number of ether oxygens (including phenoxy) is 3. The lowest BCUT2D eigenvalue weighted by atomic mass is 10.0. The molecule has 0 saturated heterocycles. The Morgan fingerprint density at radius 3 is 1.11 bits per heavy atom. The average molecular weight is 922 g/mol. The SMILES string of the molecule is CC/C=C\C/C=C\C/C=C\CCCCCCCCCCOCC(COC(=O)CCCCCCCCCCCCCCCCCCCCC)OC(=O)CCCCC/C=C\C/C=C\C/C=C\CC. The van der Waals surface area contributed by atoms with E-state index in [4.69, 9.17) is 14.2 Å². The lowest BCUT2D eigenvalue weighted by Gasteiger charge is -2.18. The maximum absolute atomic E-state index is 12.8. The molecule has 0 radical (unpaired) electrons. The molecular weight excluding hydrogens is 813 g/mol. The van der Waals surface area contributed by atoms with Gasteiger partial charge in [0.25, 0.3) is 0 Å². The van der Waals surface area contributed by atoms with Crippen LogP contribution in [0.15, 0.2) is 72.9 Å². The quantitative estimate of drug-likeness (QED) is 0.0346. The van der Waals surface area contributed by atoms with Crippen LogP contribution >= 0.6 is 0 Å². The van der Waals surface area contributed by atoms with Crippen molar-refractivity contribution in [2.45, 2.75) is 284 Å². The topological polar surface area (TPSA) is 61.8 Å². The molecule has 0 bridgehead atoms. The summed E-state index contributed by atoms with van der Waals surface area (Å²) in [5.41, 5.74) is 0. The van der Waals surface area contributed by atoms with Crippen LogP contribution in [0.2, 0.25) is 0 Å². The van der Waals surface area contributed by atoms with Gasteiger partial charge in [-0.05, 0) is 83.5 Å². The molecule has 0 saturated carbocycles. The third kappa shape index (κ3) is 54.0. The van der Waals surface area contributed by atoms with Gasteiger partial charge in [0.05, 0.1) is 6.61 Å². The number of esters is 2. The van der Waals surface area contributed by atoms with Crippen molar-refractivity contribution in [2.24, 2.45) is 0 Å². The number of unbranched alkanes of at least 4 members (excludes halogenated alkanes) is 29. The standard InChI is InChI=1S/C61H108O5/c1-4-7-10-13-16-19-22-25-27-29-31-32-34-37-39-42-45-48-51-54-60(62)65-58-59(66-61(63)55-52-49-46-43-40-36-24-21-18-15-12-9-6-3)57-64-56-53-50-47-44-41-38-35-33-30-28-26-23-20-17-14-11-8-5-2/h8-9,11-12,17-18,20-21,26,28,36,40,59H,4-7,10,13-16,19,22-25,27,29-35,37-39,41-58H2,1-3H3/b11-8-,12-9-,20-17-,21-18-,28-26-,40-36-. The molecule has 0 aliphatic heterocycles. The molecule has 1 unspecified atom stereocenters. The fourth-order valence-electron chi connectivity index (χ4n) is 8.07. The highest BCUT2D eigenvalue weighted by Crippen LogP contribution is 2.16. The molecule has 0 aromatic carbocycles. The second-order valence-electron chi connectivity index (χ2n) is 18.8. The largest absolute Gasteiger partial charge is 0.462 e. The van der Waals surface area contributed by atoms with Crippen molar-refractivity contribution in [3.05, 3.63) is 72.9 Å². The third-order valence-electron chi connectivity index (χ3n) is 12.2. The predicted molar refractivity (Wildman–Crippen MR) is 288 cm³/mol. The summed E-state index contributed by atoms with van der Waals surface area (Å²) < 4.78 is 17.4. The van der Waals surface area contributed by atoms with Gasteiger partial charge in [0, 0.05) is 19.4 Å². The van der Waals surface area contributed by atoms with E-state index in [0.29, 0.717) is 19.4 Å². The van der Waals surface area contributed by atoms with Gasteiger partial charge in [-0.2, -0.15) is 0 Å². The molecule has 0 spiro atoms. The minimum atomic E-state index is -0.556. The average Bonchev–Trinajstić information content (AvgIpc) is 3.32. The van der Waals surface area contributed by atoms with E-state index in [9.17, 15) is 9.59 Å². The highest BCUT2D eigenvalue weighted by Gasteiger charge is 2.17. The van der Waals surface area contributed by atoms with Crippen LogP contribution in [0.1, 0.15) is 278 Å². The minimum absolute atomic E-state index is 0.0710. The molecule has 0 N–H and O–H groups in total. The van der Waals surface area contributed by atoms with Gasteiger partial charge in [0.15, 0.2) is 6.10 Å². The molecule has 382 valence electrons. The first-order chi connectivity index (χ1) is 32.6. The van der Waals surface area contributed by atoms with Crippen molar-refractivity contribution in [3.8, 4) is 0 Å². The van der Waals surface area contributed by atoms with Gasteiger partial charge in [-0.25, -0.2) is 0 Å². The van der Waals surface area contributed by atoms with E-state index in [0.717, 1.165) is 89.9 Å². The summed E-state index contributed by atoms with van der Waals surface area (Å²) in [6, 6.07) is 0. The monoisotopic (exact) mass is 921 g/mol. The van der Waals surface area contributed by atoms with Gasteiger partial charge >= 0.3 is 11.9 Å². The third-order valence-corrected chi connectivity index (χ3v) is 12.2. The van der Waals surface area contributed by atoms with Gasteiger partial charge in [-0.3, -0.25) is 9.59 Å². The zero-order valence-electron chi connectivity index (χ0n) is 44.0. The number of rotatable bonds is 52. The Balaban J connectivity index is 4.25. The van der Waals surface area contributed by atoms with Crippen LogP contribution in [0, 0.1) is 0 Å². The zero-order valence-corrected chi connectivity index (χ0v) is 44.0. The number of hydrogen-bond acceptors (Lipinski definition) is 5. The fraction of sp³-hybridized carbons (Fsp3) is 0.770. The van der Waals surface area contributed by atoms with Gasteiger partial charge < -0.3 is 14.2 Å². The summed E-state index contributed by atoms with van der Waals surface area (Å²) in [4.78, 5) is 25.5. The molecule has 66 heavy (non-hydrogen) atoms. The van der Waals surface area contributed by atoms with Gasteiger partial charge in [-0.1, -0.05) is 254 Å². The molecule has 0 amide bonds.